The first-order valence-corrected chi connectivity index (χ1v) is 3.67. The summed E-state index contributed by atoms with van der Waals surface area (Å²) in [5.74, 6) is 0. The monoisotopic (exact) mass is 178 g/mol. The summed E-state index contributed by atoms with van der Waals surface area (Å²) in [6, 6.07) is -0.426. The van der Waals surface area contributed by atoms with Crippen molar-refractivity contribution in [2.75, 3.05) is 6.54 Å². The highest BCUT2D eigenvalue weighted by atomic mass is 16.6. The average Bonchev–Trinajstić information content (AvgIpc) is 1.87. The van der Waals surface area contributed by atoms with Gasteiger partial charge in [-0.05, 0) is 0 Å². The molecule has 0 saturated carbocycles. The highest BCUT2D eigenvalue weighted by molar-refractivity contribution is 4.28. The van der Waals surface area contributed by atoms with E-state index in [9.17, 15) is 20.2 Å². The summed E-state index contributed by atoms with van der Waals surface area (Å²) in [4.78, 5) is 18.3. The van der Waals surface area contributed by atoms with E-state index in [0.29, 0.717) is 6.42 Å². The molecule has 0 heterocycles. The summed E-state index contributed by atoms with van der Waals surface area (Å²) >= 11 is 0. The Labute approximate surface area is 70.9 Å². The fourth-order valence-corrected chi connectivity index (χ4v) is 0.183. The van der Waals surface area contributed by atoms with Crippen LogP contribution in [0.5, 0.6) is 0 Å². The van der Waals surface area contributed by atoms with Crippen molar-refractivity contribution in [1.29, 1.82) is 0 Å². The van der Waals surface area contributed by atoms with E-state index in [4.69, 9.17) is 0 Å². The van der Waals surface area contributed by atoms with Crippen LogP contribution >= 0.6 is 0 Å². The Bertz CT molecular complexity index is 146. The van der Waals surface area contributed by atoms with Crippen molar-refractivity contribution in [1.82, 2.24) is 0 Å². The van der Waals surface area contributed by atoms with E-state index in [1.54, 1.807) is 20.8 Å². The lowest BCUT2D eigenvalue weighted by Crippen LogP contribution is -2.08. The molecule has 0 aliphatic rings. The second-order valence-electron chi connectivity index (χ2n) is 2.44. The second kappa shape index (κ2) is 7.90. The minimum Gasteiger partial charge on any atom is -0.265 e. The first-order chi connectivity index (χ1) is 5.41. The van der Waals surface area contributed by atoms with E-state index in [1.807, 2.05) is 0 Å². The molecule has 6 heteroatoms. The fraction of sp³-hybridized carbons (Fsp3) is 1.00. The summed E-state index contributed by atoms with van der Waals surface area (Å²) in [6.07, 6.45) is 0.632. The van der Waals surface area contributed by atoms with E-state index in [2.05, 4.69) is 0 Å². The van der Waals surface area contributed by atoms with Gasteiger partial charge in [0.15, 0.2) is 0 Å². The topological polar surface area (TPSA) is 86.3 Å². The molecule has 12 heavy (non-hydrogen) atoms. The molecule has 0 amide bonds. The molecular weight excluding hydrogens is 164 g/mol. The van der Waals surface area contributed by atoms with Crippen molar-refractivity contribution in [3.05, 3.63) is 20.2 Å². The molecule has 0 rings (SSSR count). The van der Waals surface area contributed by atoms with Crippen molar-refractivity contribution in [2.24, 2.45) is 0 Å². The van der Waals surface area contributed by atoms with Crippen LogP contribution in [0, 0.1) is 20.2 Å². The summed E-state index contributed by atoms with van der Waals surface area (Å²) in [5, 5.41) is 18.9. The quantitative estimate of drug-likeness (QED) is 0.482. The van der Waals surface area contributed by atoms with Crippen LogP contribution in [0.15, 0.2) is 0 Å². The zero-order valence-electron chi connectivity index (χ0n) is 7.52. The van der Waals surface area contributed by atoms with Gasteiger partial charge in [-0.1, -0.05) is 6.92 Å². The van der Waals surface area contributed by atoms with Gasteiger partial charge in [-0.3, -0.25) is 20.2 Å². The molecule has 0 saturated heterocycles. The van der Waals surface area contributed by atoms with Gasteiger partial charge in [-0.25, -0.2) is 0 Å². The van der Waals surface area contributed by atoms with Crippen LogP contribution in [-0.4, -0.2) is 22.4 Å². The summed E-state index contributed by atoms with van der Waals surface area (Å²) in [7, 11) is 0. The van der Waals surface area contributed by atoms with Crippen molar-refractivity contribution < 1.29 is 9.85 Å². The van der Waals surface area contributed by atoms with Gasteiger partial charge in [0.2, 0.25) is 12.6 Å². The number of nitro groups is 2. The predicted molar refractivity (Wildman–Crippen MR) is 44.3 cm³/mol. The summed E-state index contributed by atoms with van der Waals surface area (Å²) in [6.45, 7) is 4.96. The Morgan fingerprint density at radius 1 is 1.25 bits per heavy atom. The zero-order chi connectivity index (χ0) is 10.1. The molecular formula is C6H14N2O4. The van der Waals surface area contributed by atoms with E-state index in [0.717, 1.165) is 0 Å². The van der Waals surface area contributed by atoms with Crippen LogP contribution in [0.25, 0.3) is 0 Å². The first kappa shape index (κ1) is 13.4. The lowest BCUT2D eigenvalue weighted by atomic mass is 10.4. The predicted octanol–water partition coefficient (Wildman–Crippen LogP) is 1.34. The lowest BCUT2D eigenvalue weighted by molar-refractivity contribution is -0.513. The van der Waals surface area contributed by atoms with Gasteiger partial charge in [0, 0.05) is 30.1 Å². The van der Waals surface area contributed by atoms with Crippen LogP contribution in [0.2, 0.25) is 0 Å². The Kier molecular flexibility index (Phi) is 8.82. The lowest BCUT2D eigenvalue weighted by Gasteiger charge is -1.88. The van der Waals surface area contributed by atoms with Gasteiger partial charge >= 0.3 is 0 Å². The van der Waals surface area contributed by atoms with Crippen LogP contribution in [0.4, 0.5) is 0 Å². The van der Waals surface area contributed by atoms with Gasteiger partial charge in [0.25, 0.3) is 0 Å². The van der Waals surface area contributed by atoms with Crippen LogP contribution in [0.1, 0.15) is 27.2 Å². The molecule has 0 radical (unpaired) electrons. The SMILES string of the molecule is CC(C)[N+](=O)[O-].CCC[N+](=O)[O-]. The minimum atomic E-state index is -0.426. The molecule has 0 atom stereocenters. The molecule has 0 aromatic carbocycles. The third-order valence-corrected chi connectivity index (χ3v) is 0.828. The Morgan fingerprint density at radius 3 is 1.58 bits per heavy atom. The molecule has 0 aliphatic heterocycles. The van der Waals surface area contributed by atoms with Crippen LogP contribution < -0.4 is 0 Å². The fourth-order valence-electron chi connectivity index (χ4n) is 0.183. The van der Waals surface area contributed by atoms with Gasteiger partial charge in [0.05, 0.1) is 0 Å². The molecule has 0 aromatic heterocycles. The number of hydrogen-bond donors (Lipinski definition) is 0. The third-order valence-electron chi connectivity index (χ3n) is 0.828. The molecule has 0 bridgehead atoms. The molecule has 6 nitrogen and oxygen atoms in total. The van der Waals surface area contributed by atoms with Gasteiger partial charge in [-0.15, -0.1) is 0 Å². The summed E-state index contributed by atoms with van der Waals surface area (Å²) in [5.41, 5.74) is 0. The maximum absolute atomic E-state index is 9.50. The summed E-state index contributed by atoms with van der Waals surface area (Å²) < 4.78 is 0. The average molecular weight is 178 g/mol. The van der Waals surface area contributed by atoms with Gasteiger partial charge in [-0.2, -0.15) is 0 Å². The van der Waals surface area contributed by atoms with Gasteiger partial charge < -0.3 is 0 Å². The van der Waals surface area contributed by atoms with E-state index >= 15 is 0 Å². The smallest absolute Gasteiger partial charge is 0.207 e. The Morgan fingerprint density at radius 2 is 1.58 bits per heavy atom. The largest absolute Gasteiger partial charge is 0.265 e. The number of rotatable bonds is 3. The van der Waals surface area contributed by atoms with Gasteiger partial charge in [0.1, 0.15) is 0 Å². The highest BCUT2D eigenvalue weighted by Gasteiger charge is 1.99. The zero-order valence-corrected chi connectivity index (χ0v) is 7.52. The minimum absolute atomic E-state index is 0.0972. The van der Waals surface area contributed by atoms with Crippen molar-refractivity contribution in [2.45, 2.75) is 33.2 Å². The first-order valence-electron chi connectivity index (χ1n) is 3.67. The number of nitrogens with zero attached hydrogens (tertiary/aromatic N) is 2. The van der Waals surface area contributed by atoms with Crippen molar-refractivity contribution in [3.63, 3.8) is 0 Å². The Balaban J connectivity index is 0. The Hall–Kier alpha value is -1.20. The van der Waals surface area contributed by atoms with E-state index in [1.165, 1.54) is 0 Å². The van der Waals surface area contributed by atoms with E-state index in [-0.39, 0.29) is 16.4 Å². The van der Waals surface area contributed by atoms with Crippen LogP contribution in [0.3, 0.4) is 0 Å². The molecule has 72 valence electrons. The van der Waals surface area contributed by atoms with Crippen molar-refractivity contribution >= 4 is 0 Å². The normalized spacial score (nSPS) is 8.67. The van der Waals surface area contributed by atoms with Crippen LogP contribution in [-0.2, 0) is 0 Å². The standard InChI is InChI=1S/2C3H7NO2/c1-3(2)4(5)6;1-2-3-4(5)6/h3H,1-2H3;2-3H2,1H3. The molecule has 0 aromatic rings. The van der Waals surface area contributed by atoms with E-state index < -0.39 is 6.04 Å². The molecule has 0 unspecified atom stereocenters. The molecule has 0 aliphatic carbocycles. The second-order valence-corrected chi connectivity index (χ2v) is 2.44. The van der Waals surface area contributed by atoms with Crippen molar-refractivity contribution in [3.8, 4) is 0 Å². The maximum atomic E-state index is 9.50. The highest BCUT2D eigenvalue weighted by Crippen LogP contribution is 1.79. The maximum Gasteiger partial charge on any atom is 0.207 e. The molecule has 0 spiro atoms. The molecule has 0 N–H and O–H groups in total. The molecule has 0 fully saturated rings. The third kappa shape index (κ3) is 15.9. The number of hydrogen-bond acceptors (Lipinski definition) is 4.